The molecule has 0 aliphatic carbocycles. The molecule has 132 valence electrons. The van der Waals surface area contributed by atoms with Gasteiger partial charge in [-0.25, -0.2) is 0 Å². The van der Waals surface area contributed by atoms with Gasteiger partial charge in [-0.05, 0) is 48.9 Å². The number of hydrogen-bond acceptors (Lipinski definition) is 5. The van der Waals surface area contributed by atoms with Crippen LogP contribution in [-0.2, 0) is 16.1 Å². The number of aliphatic hydroxyl groups is 1. The van der Waals surface area contributed by atoms with Crippen molar-refractivity contribution in [3.8, 4) is 0 Å². The van der Waals surface area contributed by atoms with Crippen molar-refractivity contribution in [2.24, 2.45) is 0 Å². The van der Waals surface area contributed by atoms with E-state index < -0.39 is 12.3 Å². The van der Waals surface area contributed by atoms with Crippen molar-refractivity contribution in [1.29, 1.82) is 0 Å². The number of rotatable bonds is 2. The second-order valence-electron chi connectivity index (χ2n) is 7.01. The van der Waals surface area contributed by atoms with Gasteiger partial charge in [0.05, 0.1) is 0 Å². The van der Waals surface area contributed by atoms with Crippen LogP contribution >= 0.6 is 0 Å². The summed E-state index contributed by atoms with van der Waals surface area (Å²) in [5, 5.41) is 15.1. The number of fused-ring (bicyclic) bond motifs is 1. The van der Waals surface area contributed by atoms with Crippen molar-refractivity contribution in [3.05, 3.63) is 34.9 Å². The number of aliphatic hydroxyl groups excluding tert-OH is 1. The molecular formula is C18H21N3O4. The van der Waals surface area contributed by atoms with Crippen LogP contribution in [0.15, 0.2) is 18.2 Å². The van der Waals surface area contributed by atoms with Gasteiger partial charge in [0.1, 0.15) is 12.3 Å². The molecule has 2 fully saturated rings. The molecular weight excluding hydrogens is 322 g/mol. The quantitative estimate of drug-likeness (QED) is 0.668. The highest BCUT2D eigenvalue weighted by molar-refractivity contribution is 6.05. The van der Waals surface area contributed by atoms with E-state index >= 15 is 0 Å². The molecule has 1 aromatic carbocycles. The number of hydrogen-bond donors (Lipinski definition) is 3. The topological polar surface area (TPSA) is 98.7 Å². The Hall–Kier alpha value is -2.25. The van der Waals surface area contributed by atoms with Crippen LogP contribution in [0.1, 0.15) is 53.1 Å². The Kier molecular flexibility index (Phi) is 4.05. The Labute approximate surface area is 145 Å². The second kappa shape index (κ2) is 6.24. The first kappa shape index (κ1) is 16.2. The van der Waals surface area contributed by atoms with Gasteiger partial charge in [0.25, 0.3) is 5.91 Å². The van der Waals surface area contributed by atoms with Crippen molar-refractivity contribution >= 4 is 17.7 Å². The number of imide groups is 1. The van der Waals surface area contributed by atoms with Gasteiger partial charge >= 0.3 is 0 Å². The molecule has 0 radical (unpaired) electrons. The maximum atomic E-state index is 12.7. The molecule has 0 spiro atoms. The van der Waals surface area contributed by atoms with Gasteiger partial charge in [-0.15, -0.1) is 0 Å². The summed E-state index contributed by atoms with van der Waals surface area (Å²) in [5.41, 5.74) is 2.67. The van der Waals surface area contributed by atoms with Gasteiger partial charge in [-0.3, -0.25) is 25.0 Å². The van der Waals surface area contributed by atoms with Gasteiger partial charge in [0.15, 0.2) is 0 Å². The Morgan fingerprint density at radius 3 is 2.76 bits per heavy atom. The zero-order valence-corrected chi connectivity index (χ0v) is 13.8. The number of amides is 3. The Bertz CT molecular complexity index is 748. The molecule has 3 amide bonds. The third kappa shape index (κ3) is 2.94. The van der Waals surface area contributed by atoms with E-state index in [0.29, 0.717) is 24.9 Å². The average molecular weight is 343 g/mol. The van der Waals surface area contributed by atoms with Crippen LogP contribution in [0.25, 0.3) is 0 Å². The summed E-state index contributed by atoms with van der Waals surface area (Å²) < 4.78 is 0. The van der Waals surface area contributed by atoms with Gasteiger partial charge in [-0.2, -0.15) is 0 Å². The highest BCUT2D eigenvalue weighted by Crippen LogP contribution is 2.33. The summed E-state index contributed by atoms with van der Waals surface area (Å²) >= 11 is 0. The van der Waals surface area contributed by atoms with Crippen LogP contribution in [0, 0.1) is 0 Å². The van der Waals surface area contributed by atoms with E-state index in [-0.39, 0.29) is 30.1 Å². The van der Waals surface area contributed by atoms with E-state index in [1.165, 1.54) is 0 Å². The summed E-state index contributed by atoms with van der Waals surface area (Å²) in [4.78, 5) is 37.6. The van der Waals surface area contributed by atoms with Crippen molar-refractivity contribution in [2.45, 2.75) is 50.4 Å². The zero-order valence-electron chi connectivity index (χ0n) is 13.8. The van der Waals surface area contributed by atoms with Crippen molar-refractivity contribution < 1.29 is 19.5 Å². The van der Waals surface area contributed by atoms with Crippen LogP contribution in [0.5, 0.6) is 0 Å². The van der Waals surface area contributed by atoms with E-state index in [2.05, 4.69) is 10.6 Å². The third-order valence-electron chi connectivity index (χ3n) is 5.40. The predicted octanol–water partition coefficient (Wildman–Crippen LogP) is 0.233. The van der Waals surface area contributed by atoms with Gasteiger partial charge in [-0.1, -0.05) is 12.1 Å². The van der Waals surface area contributed by atoms with E-state index in [1.54, 1.807) is 4.90 Å². The molecule has 3 atom stereocenters. The lowest BCUT2D eigenvalue weighted by Crippen LogP contribution is -2.52. The smallest absolute Gasteiger partial charge is 0.255 e. The molecule has 3 aliphatic rings. The molecule has 7 heteroatoms. The molecule has 3 heterocycles. The highest BCUT2D eigenvalue weighted by Gasteiger charge is 2.39. The molecule has 0 saturated carbocycles. The first-order valence-corrected chi connectivity index (χ1v) is 8.72. The fourth-order valence-corrected chi connectivity index (χ4v) is 4.05. The van der Waals surface area contributed by atoms with Crippen LogP contribution in [0.4, 0.5) is 0 Å². The van der Waals surface area contributed by atoms with E-state index in [0.717, 1.165) is 24.1 Å². The largest absolute Gasteiger partial charge is 0.379 e. The predicted molar refractivity (Wildman–Crippen MR) is 88.5 cm³/mol. The van der Waals surface area contributed by atoms with E-state index in [1.807, 2.05) is 18.2 Å². The maximum absolute atomic E-state index is 12.7. The molecule has 3 unspecified atom stereocenters. The first-order valence-electron chi connectivity index (χ1n) is 8.72. The Balaban J connectivity index is 1.55. The van der Waals surface area contributed by atoms with Gasteiger partial charge < -0.3 is 10.0 Å². The SMILES string of the molecule is O=C1CCC(N2Cc3cc(C4CCNC(O)C4)ccc3C2=O)C(=O)N1. The number of nitrogens with zero attached hydrogens (tertiary/aromatic N) is 1. The number of nitrogens with one attached hydrogen (secondary N) is 2. The van der Waals surface area contributed by atoms with Crippen molar-refractivity contribution in [1.82, 2.24) is 15.5 Å². The fourth-order valence-electron chi connectivity index (χ4n) is 4.05. The number of benzene rings is 1. The summed E-state index contributed by atoms with van der Waals surface area (Å²) in [6.07, 6.45) is 1.74. The zero-order chi connectivity index (χ0) is 17.6. The van der Waals surface area contributed by atoms with Crippen LogP contribution in [0.3, 0.4) is 0 Å². The highest BCUT2D eigenvalue weighted by atomic mass is 16.3. The Morgan fingerprint density at radius 2 is 2.00 bits per heavy atom. The molecule has 3 N–H and O–H groups in total. The number of carbonyl (C=O) groups excluding carboxylic acids is 3. The van der Waals surface area contributed by atoms with E-state index in [4.69, 9.17) is 0 Å². The normalized spacial score (nSPS) is 29.6. The average Bonchev–Trinajstić information content (AvgIpc) is 2.91. The summed E-state index contributed by atoms with van der Waals surface area (Å²) in [6.45, 7) is 1.16. The van der Waals surface area contributed by atoms with Gasteiger partial charge in [0.2, 0.25) is 11.8 Å². The number of piperidine rings is 2. The summed E-state index contributed by atoms with van der Waals surface area (Å²) in [7, 11) is 0. The summed E-state index contributed by atoms with van der Waals surface area (Å²) in [6, 6.07) is 5.23. The van der Waals surface area contributed by atoms with Crippen LogP contribution < -0.4 is 10.6 Å². The molecule has 1 aromatic rings. The molecule has 25 heavy (non-hydrogen) atoms. The van der Waals surface area contributed by atoms with Crippen LogP contribution in [0.2, 0.25) is 0 Å². The van der Waals surface area contributed by atoms with Gasteiger partial charge in [0, 0.05) is 18.5 Å². The molecule has 4 rings (SSSR count). The molecule has 0 aromatic heterocycles. The van der Waals surface area contributed by atoms with Crippen molar-refractivity contribution in [3.63, 3.8) is 0 Å². The first-order chi connectivity index (χ1) is 12.0. The van der Waals surface area contributed by atoms with E-state index in [9.17, 15) is 19.5 Å². The van der Waals surface area contributed by atoms with Crippen molar-refractivity contribution in [2.75, 3.05) is 6.54 Å². The minimum absolute atomic E-state index is 0.151. The second-order valence-corrected chi connectivity index (χ2v) is 7.01. The minimum Gasteiger partial charge on any atom is -0.379 e. The molecule has 0 bridgehead atoms. The number of carbonyl (C=O) groups is 3. The lowest BCUT2D eigenvalue weighted by molar-refractivity contribution is -0.136. The third-order valence-corrected chi connectivity index (χ3v) is 5.40. The molecule has 2 saturated heterocycles. The minimum atomic E-state index is -0.582. The Morgan fingerprint density at radius 1 is 1.16 bits per heavy atom. The molecule has 7 nitrogen and oxygen atoms in total. The lowest BCUT2D eigenvalue weighted by Gasteiger charge is -2.29. The van der Waals surface area contributed by atoms with Crippen LogP contribution in [-0.4, -0.2) is 46.5 Å². The monoisotopic (exact) mass is 343 g/mol. The summed E-state index contributed by atoms with van der Waals surface area (Å²) in [5.74, 6) is -0.557. The maximum Gasteiger partial charge on any atom is 0.255 e. The fraction of sp³-hybridized carbons (Fsp3) is 0.500. The lowest BCUT2D eigenvalue weighted by atomic mass is 9.88. The molecule has 3 aliphatic heterocycles. The standard InChI is InChI=1S/C18H21N3O4/c22-15-4-3-14(17(24)20-15)21-9-12-7-10(1-2-13(12)18(21)25)11-5-6-19-16(23)8-11/h1-2,7,11,14,16,19,23H,3-6,8-9H2,(H,20,22,24).